The number of fused-ring (bicyclic) bond motifs is 4. The fourth-order valence-electron chi connectivity index (χ4n) is 5.51. The maximum atomic E-state index is 13.8. The Hall–Kier alpha value is -2.64. The third kappa shape index (κ3) is 5.58. The van der Waals surface area contributed by atoms with Gasteiger partial charge in [0.2, 0.25) is 5.91 Å². The zero-order valence-corrected chi connectivity index (χ0v) is 19.1. The molecule has 176 valence electrons. The number of carbonyl (C=O) groups excluding carboxylic acids is 2. The fourth-order valence-corrected chi connectivity index (χ4v) is 5.51. The highest BCUT2D eigenvalue weighted by molar-refractivity contribution is 5.78. The number of piperidine rings is 3. The van der Waals surface area contributed by atoms with Crippen molar-refractivity contribution in [3.63, 3.8) is 0 Å². The lowest BCUT2D eigenvalue weighted by Crippen LogP contribution is -2.67. The lowest BCUT2D eigenvalue weighted by Gasteiger charge is -2.56. The first-order valence-corrected chi connectivity index (χ1v) is 11.3. The molecule has 2 bridgehead atoms. The van der Waals surface area contributed by atoms with Gasteiger partial charge in [-0.05, 0) is 76.0 Å². The van der Waals surface area contributed by atoms with Gasteiger partial charge in [0.05, 0.1) is 0 Å². The van der Waals surface area contributed by atoms with Crippen LogP contribution in [-0.2, 0) is 16.0 Å². The molecule has 7 nitrogen and oxygen atoms in total. The van der Waals surface area contributed by atoms with Gasteiger partial charge in [0.1, 0.15) is 5.82 Å². The van der Waals surface area contributed by atoms with E-state index in [2.05, 4.69) is 10.2 Å². The number of benzene rings is 1. The van der Waals surface area contributed by atoms with Crippen molar-refractivity contribution >= 4 is 18.4 Å². The average Bonchev–Trinajstić information content (AvgIpc) is 2.70. The number of amides is 3. The van der Waals surface area contributed by atoms with Crippen LogP contribution in [0.3, 0.4) is 0 Å². The summed E-state index contributed by atoms with van der Waals surface area (Å²) in [6.45, 7) is 7.08. The molecule has 0 aliphatic carbocycles. The minimum atomic E-state index is -0.280. The van der Waals surface area contributed by atoms with Crippen LogP contribution in [0.5, 0.6) is 0 Å². The van der Waals surface area contributed by atoms with Crippen molar-refractivity contribution in [3.05, 3.63) is 35.6 Å². The molecule has 4 atom stereocenters. The number of hydrogen-bond donors (Lipinski definition) is 2. The molecule has 4 rings (SSSR count). The van der Waals surface area contributed by atoms with Crippen LogP contribution in [-0.4, -0.2) is 64.0 Å². The van der Waals surface area contributed by atoms with E-state index in [0.29, 0.717) is 31.8 Å². The van der Waals surface area contributed by atoms with E-state index in [1.165, 1.54) is 6.07 Å². The summed E-state index contributed by atoms with van der Waals surface area (Å²) in [6.07, 6.45) is 4.20. The van der Waals surface area contributed by atoms with Crippen molar-refractivity contribution in [1.82, 2.24) is 15.1 Å². The highest BCUT2D eigenvalue weighted by Crippen LogP contribution is 2.42. The Labute approximate surface area is 189 Å². The first kappa shape index (κ1) is 24.0. The molecule has 1 aromatic rings. The largest absolute Gasteiger partial charge is 0.483 e. The molecule has 0 unspecified atom stereocenters. The number of nitrogens with one attached hydrogen (secondary N) is 1. The summed E-state index contributed by atoms with van der Waals surface area (Å²) < 4.78 is 13.8. The summed E-state index contributed by atoms with van der Waals surface area (Å²) in [4.78, 5) is 38.2. The molecule has 3 fully saturated rings. The standard InChI is InChI=1S/C23H32FN3O2.CH2O2/c1-23(2,3)25-22(29)26-13-16-12-17(14-26)20(11-15-6-4-7-18(24)10-15)27-19(16)8-5-9-21(27)28;2-1-3/h4,6-7,10,16-17,19-20H,5,8-9,11-14H2,1-3H3,(H,25,29);1H,(H,2,3)/t16-,17+,19+,20+;/m1./s1. The van der Waals surface area contributed by atoms with Crippen molar-refractivity contribution in [1.29, 1.82) is 0 Å². The van der Waals surface area contributed by atoms with E-state index in [9.17, 15) is 14.0 Å². The maximum absolute atomic E-state index is 13.8. The normalized spacial score (nSPS) is 27.1. The van der Waals surface area contributed by atoms with E-state index in [1.54, 1.807) is 12.1 Å². The van der Waals surface area contributed by atoms with Crippen LogP contribution in [0.15, 0.2) is 24.3 Å². The quantitative estimate of drug-likeness (QED) is 0.681. The minimum Gasteiger partial charge on any atom is -0.483 e. The van der Waals surface area contributed by atoms with Crippen LogP contribution in [0, 0.1) is 17.7 Å². The minimum absolute atomic E-state index is 0.0210. The highest BCUT2D eigenvalue weighted by atomic mass is 19.1. The van der Waals surface area contributed by atoms with Crippen molar-refractivity contribution in [2.45, 2.75) is 70.5 Å². The molecule has 2 N–H and O–H groups in total. The number of carboxylic acid groups (broad SMARTS) is 1. The fraction of sp³-hybridized carbons (Fsp3) is 0.625. The van der Waals surface area contributed by atoms with Crippen LogP contribution in [0.2, 0.25) is 0 Å². The zero-order valence-electron chi connectivity index (χ0n) is 19.1. The molecule has 3 saturated heterocycles. The number of rotatable bonds is 2. The number of hydrogen-bond acceptors (Lipinski definition) is 3. The number of urea groups is 1. The summed E-state index contributed by atoms with van der Waals surface area (Å²) in [5, 5.41) is 9.98. The van der Waals surface area contributed by atoms with E-state index in [1.807, 2.05) is 31.7 Å². The molecule has 3 aliphatic rings. The molecule has 1 aromatic carbocycles. The smallest absolute Gasteiger partial charge is 0.317 e. The molecule has 3 aliphatic heterocycles. The van der Waals surface area contributed by atoms with E-state index < -0.39 is 0 Å². The van der Waals surface area contributed by atoms with Crippen molar-refractivity contribution < 1.29 is 23.9 Å². The van der Waals surface area contributed by atoms with Crippen LogP contribution >= 0.6 is 0 Å². The number of nitrogens with zero attached hydrogens (tertiary/aromatic N) is 2. The van der Waals surface area contributed by atoms with Crippen LogP contribution in [0.25, 0.3) is 0 Å². The number of likely N-dealkylation sites (tertiary alicyclic amines) is 1. The van der Waals surface area contributed by atoms with Gasteiger partial charge in [0, 0.05) is 37.1 Å². The molecule has 0 aromatic heterocycles. The summed E-state index contributed by atoms with van der Waals surface area (Å²) in [6, 6.07) is 6.89. The Bertz CT molecular complexity index is 841. The second-order valence-electron chi connectivity index (χ2n) is 10.1. The number of carbonyl (C=O) groups is 3. The molecule has 32 heavy (non-hydrogen) atoms. The SMILES string of the molecule is CC(C)(C)NC(=O)N1C[C@H]2C[C@@H](C1)[C@H](Cc1cccc(F)c1)N1C(=O)CCC[C@@H]21.O=CO. The highest BCUT2D eigenvalue weighted by Gasteiger charge is 2.50. The van der Waals surface area contributed by atoms with Gasteiger partial charge in [-0.2, -0.15) is 0 Å². The van der Waals surface area contributed by atoms with Gasteiger partial charge < -0.3 is 20.2 Å². The third-order valence-corrected chi connectivity index (χ3v) is 6.60. The zero-order chi connectivity index (χ0) is 23.5. The van der Waals surface area contributed by atoms with Crippen molar-refractivity contribution in [3.8, 4) is 0 Å². The van der Waals surface area contributed by atoms with Crippen LogP contribution in [0.1, 0.15) is 52.0 Å². The molecule has 0 radical (unpaired) electrons. The maximum Gasteiger partial charge on any atom is 0.317 e. The van der Waals surface area contributed by atoms with Crippen LogP contribution < -0.4 is 5.32 Å². The molecule has 0 saturated carbocycles. The monoisotopic (exact) mass is 447 g/mol. The van der Waals surface area contributed by atoms with Gasteiger partial charge in [-0.3, -0.25) is 9.59 Å². The molecule has 8 heteroatoms. The molecule has 0 spiro atoms. The van der Waals surface area contributed by atoms with E-state index in [4.69, 9.17) is 9.90 Å². The Kier molecular flexibility index (Phi) is 7.41. The first-order valence-electron chi connectivity index (χ1n) is 11.3. The summed E-state index contributed by atoms with van der Waals surface area (Å²) in [5.41, 5.74) is 0.638. The third-order valence-electron chi connectivity index (χ3n) is 6.60. The lowest BCUT2D eigenvalue weighted by atomic mass is 9.71. The van der Waals surface area contributed by atoms with Gasteiger partial charge in [-0.15, -0.1) is 0 Å². The second kappa shape index (κ2) is 9.88. The predicted octanol–water partition coefficient (Wildman–Crippen LogP) is 3.28. The molecule has 3 amide bonds. The van der Waals surface area contributed by atoms with Gasteiger partial charge in [-0.25, -0.2) is 9.18 Å². The average molecular weight is 448 g/mol. The predicted molar refractivity (Wildman–Crippen MR) is 119 cm³/mol. The summed E-state index contributed by atoms with van der Waals surface area (Å²) in [5.74, 6) is 0.533. The lowest BCUT2D eigenvalue weighted by molar-refractivity contribution is -0.151. The molecular formula is C24H34FN3O4. The summed E-state index contributed by atoms with van der Waals surface area (Å²) >= 11 is 0. The Morgan fingerprint density at radius 1 is 1.28 bits per heavy atom. The van der Waals surface area contributed by atoms with Crippen molar-refractivity contribution in [2.24, 2.45) is 11.8 Å². The molecular weight excluding hydrogens is 413 g/mol. The topological polar surface area (TPSA) is 90.0 Å². The van der Waals surface area contributed by atoms with Gasteiger partial charge >= 0.3 is 6.03 Å². The van der Waals surface area contributed by atoms with E-state index in [-0.39, 0.29) is 47.8 Å². The van der Waals surface area contributed by atoms with Gasteiger partial charge in [-0.1, -0.05) is 12.1 Å². The first-order chi connectivity index (χ1) is 15.1. The molecule has 3 heterocycles. The van der Waals surface area contributed by atoms with E-state index in [0.717, 1.165) is 24.8 Å². The summed E-state index contributed by atoms with van der Waals surface area (Å²) in [7, 11) is 0. The Morgan fingerprint density at radius 3 is 2.62 bits per heavy atom. The second-order valence-corrected chi connectivity index (χ2v) is 10.1. The Balaban J connectivity index is 0.000000913. The Morgan fingerprint density at radius 2 is 1.97 bits per heavy atom. The van der Waals surface area contributed by atoms with Crippen LogP contribution in [0.4, 0.5) is 9.18 Å². The number of halogens is 1. The van der Waals surface area contributed by atoms with Gasteiger partial charge in [0.15, 0.2) is 0 Å². The van der Waals surface area contributed by atoms with Gasteiger partial charge in [0.25, 0.3) is 6.47 Å². The van der Waals surface area contributed by atoms with Crippen molar-refractivity contribution in [2.75, 3.05) is 13.1 Å². The van der Waals surface area contributed by atoms with E-state index >= 15 is 0 Å².